The lowest BCUT2D eigenvalue weighted by Crippen LogP contribution is -2.43. The van der Waals surface area contributed by atoms with Crippen LogP contribution in [0.25, 0.3) is 0 Å². The summed E-state index contributed by atoms with van der Waals surface area (Å²) in [6, 6.07) is 15.5. The molecule has 2 aromatic rings. The quantitative estimate of drug-likeness (QED) is 0.771. The van der Waals surface area contributed by atoms with Crippen LogP contribution in [-0.2, 0) is 11.3 Å². The van der Waals surface area contributed by atoms with Gasteiger partial charge in [-0.15, -0.1) is 0 Å². The average molecular weight is 391 g/mol. The first-order chi connectivity index (χ1) is 12.5. The predicted molar refractivity (Wildman–Crippen MR) is 107 cm³/mol. The highest BCUT2D eigenvalue weighted by molar-refractivity contribution is 6.30. The molecule has 1 amide bonds. The Labute approximate surface area is 165 Å². The molecule has 1 heterocycles. The number of hydrogen-bond donors (Lipinski definition) is 1. The number of halogens is 2. The molecular weight excluding hydrogens is 367 g/mol. The zero-order chi connectivity index (χ0) is 18.5. The van der Waals surface area contributed by atoms with Gasteiger partial charge >= 0.3 is 0 Å². The molecule has 0 radical (unpaired) electrons. The summed E-state index contributed by atoms with van der Waals surface area (Å²) >= 11 is 11.9. The first kappa shape index (κ1) is 19.2. The second-order valence-electron chi connectivity index (χ2n) is 6.98. The minimum absolute atomic E-state index is 0.0218. The van der Waals surface area contributed by atoms with E-state index in [0.29, 0.717) is 5.02 Å². The van der Waals surface area contributed by atoms with Crippen LogP contribution < -0.4 is 5.32 Å². The Kier molecular flexibility index (Phi) is 6.58. The van der Waals surface area contributed by atoms with E-state index in [-0.39, 0.29) is 17.9 Å². The van der Waals surface area contributed by atoms with E-state index in [2.05, 4.69) is 22.3 Å². The molecule has 1 N–H and O–H groups in total. The summed E-state index contributed by atoms with van der Waals surface area (Å²) in [7, 11) is 0. The summed E-state index contributed by atoms with van der Waals surface area (Å²) in [6.45, 7) is 4.68. The van der Waals surface area contributed by atoms with Gasteiger partial charge in [-0.25, -0.2) is 0 Å². The SMILES string of the molecule is CC(NC(=O)C1CCCN(Cc2ccc(Cl)cc2)C1)c1ccc(Cl)cc1. The van der Waals surface area contributed by atoms with Crippen LogP contribution in [-0.4, -0.2) is 23.9 Å². The predicted octanol–water partition coefficient (Wildman–Crippen LogP) is 5.08. The van der Waals surface area contributed by atoms with Gasteiger partial charge in [-0.05, 0) is 61.7 Å². The van der Waals surface area contributed by atoms with Crippen molar-refractivity contribution in [2.24, 2.45) is 5.92 Å². The van der Waals surface area contributed by atoms with Crippen molar-refractivity contribution in [1.82, 2.24) is 10.2 Å². The Hall–Kier alpha value is -1.55. The van der Waals surface area contributed by atoms with E-state index in [4.69, 9.17) is 23.2 Å². The molecule has 2 unspecified atom stereocenters. The minimum Gasteiger partial charge on any atom is -0.349 e. The van der Waals surface area contributed by atoms with Crippen molar-refractivity contribution in [3.63, 3.8) is 0 Å². The molecule has 1 saturated heterocycles. The van der Waals surface area contributed by atoms with Gasteiger partial charge in [-0.2, -0.15) is 0 Å². The van der Waals surface area contributed by atoms with Crippen LogP contribution in [0.4, 0.5) is 0 Å². The molecule has 26 heavy (non-hydrogen) atoms. The van der Waals surface area contributed by atoms with E-state index in [1.54, 1.807) is 0 Å². The number of rotatable bonds is 5. The smallest absolute Gasteiger partial charge is 0.224 e. The zero-order valence-corrected chi connectivity index (χ0v) is 16.4. The number of carbonyl (C=O) groups excluding carboxylic acids is 1. The van der Waals surface area contributed by atoms with Crippen molar-refractivity contribution >= 4 is 29.1 Å². The molecule has 1 aliphatic heterocycles. The second kappa shape index (κ2) is 8.90. The molecule has 2 aromatic carbocycles. The molecule has 1 fully saturated rings. The Balaban J connectivity index is 1.55. The van der Waals surface area contributed by atoms with Crippen molar-refractivity contribution in [3.05, 3.63) is 69.7 Å². The third-order valence-corrected chi connectivity index (χ3v) is 5.43. The molecule has 2 atom stereocenters. The third-order valence-electron chi connectivity index (χ3n) is 4.92. The van der Waals surface area contributed by atoms with Crippen LogP contribution in [0.5, 0.6) is 0 Å². The van der Waals surface area contributed by atoms with Crippen molar-refractivity contribution < 1.29 is 4.79 Å². The molecule has 0 aromatic heterocycles. The van der Waals surface area contributed by atoms with Crippen LogP contribution in [0.15, 0.2) is 48.5 Å². The molecular formula is C21H24Cl2N2O. The van der Waals surface area contributed by atoms with Gasteiger partial charge in [0, 0.05) is 23.1 Å². The number of nitrogens with zero attached hydrogens (tertiary/aromatic N) is 1. The van der Waals surface area contributed by atoms with E-state index in [1.807, 2.05) is 43.3 Å². The van der Waals surface area contributed by atoms with Crippen molar-refractivity contribution in [3.8, 4) is 0 Å². The lowest BCUT2D eigenvalue weighted by molar-refractivity contribution is -0.127. The normalized spacial score (nSPS) is 19.1. The summed E-state index contributed by atoms with van der Waals surface area (Å²) < 4.78 is 0. The maximum atomic E-state index is 12.7. The van der Waals surface area contributed by atoms with Gasteiger partial charge in [0.25, 0.3) is 0 Å². The summed E-state index contributed by atoms with van der Waals surface area (Å²) in [4.78, 5) is 15.1. The van der Waals surface area contributed by atoms with Gasteiger partial charge in [0.2, 0.25) is 5.91 Å². The van der Waals surface area contributed by atoms with E-state index >= 15 is 0 Å². The fraction of sp³-hybridized carbons (Fsp3) is 0.381. The maximum absolute atomic E-state index is 12.7. The largest absolute Gasteiger partial charge is 0.349 e. The lowest BCUT2D eigenvalue weighted by atomic mass is 9.96. The third kappa shape index (κ3) is 5.23. The van der Waals surface area contributed by atoms with Gasteiger partial charge in [0.05, 0.1) is 12.0 Å². The van der Waals surface area contributed by atoms with Crippen molar-refractivity contribution in [1.29, 1.82) is 0 Å². The van der Waals surface area contributed by atoms with Gasteiger partial charge in [-0.1, -0.05) is 47.5 Å². The molecule has 5 heteroatoms. The van der Waals surface area contributed by atoms with Crippen molar-refractivity contribution in [2.75, 3.05) is 13.1 Å². The van der Waals surface area contributed by atoms with Gasteiger partial charge < -0.3 is 5.32 Å². The van der Waals surface area contributed by atoms with Crippen LogP contribution in [0.3, 0.4) is 0 Å². The molecule has 3 rings (SSSR count). The van der Waals surface area contributed by atoms with Crippen molar-refractivity contribution in [2.45, 2.75) is 32.4 Å². The molecule has 1 aliphatic rings. The highest BCUT2D eigenvalue weighted by atomic mass is 35.5. The lowest BCUT2D eigenvalue weighted by Gasteiger charge is -2.32. The van der Waals surface area contributed by atoms with Gasteiger partial charge in [0.1, 0.15) is 0 Å². The zero-order valence-electron chi connectivity index (χ0n) is 14.9. The number of hydrogen-bond acceptors (Lipinski definition) is 2. The maximum Gasteiger partial charge on any atom is 0.224 e. The molecule has 138 valence electrons. The highest BCUT2D eigenvalue weighted by Gasteiger charge is 2.26. The van der Waals surface area contributed by atoms with Crippen LogP contribution in [0.2, 0.25) is 10.0 Å². The molecule has 0 saturated carbocycles. The molecule has 3 nitrogen and oxygen atoms in total. The summed E-state index contributed by atoms with van der Waals surface area (Å²) in [5.41, 5.74) is 2.29. The van der Waals surface area contributed by atoms with Gasteiger partial charge in [0.15, 0.2) is 0 Å². The molecule has 0 aliphatic carbocycles. The Morgan fingerprint density at radius 3 is 2.38 bits per heavy atom. The summed E-state index contributed by atoms with van der Waals surface area (Å²) in [5.74, 6) is 0.166. The Morgan fingerprint density at radius 1 is 1.12 bits per heavy atom. The second-order valence-corrected chi connectivity index (χ2v) is 7.86. The fourth-order valence-corrected chi connectivity index (χ4v) is 3.68. The standard InChI is InChI=1S/C21H24Cl2N2O/c1-15(17-6-10-20(23)11-7-17)24-21(26)18-3-2-12-25(14-18)13-16-4-8-19(22)9-5-16/h4-11,15,18H,2-3,12-14H2,1H3,(H,24,26). The van der Waals surface area contributed by atoms with Crippen LogP contribution in [0.1, 0.15) is 36.9 Å². The number of nitrogens with one attached hydrogen (secondary N) is 1. The van der Waals surface area contributed by atoms with Gasteiger partial charge in [-0.3, -0.25) is 9.69 Å². The number of benzene rings is 2. The topological polar surface area (TPSA) is 32.3 Å². The van der Waals surface area contributed by atoms with E-state index in [1.165, 1.54) is 5.56 Å². The monoisotopic (exact) mass is 390 g/mol. The number of piperidine rings is 1. The Bertz CT molecular complexity index is 731. The molecule has 0 spiro atoms. The number of likely N-dealkylation sites (tertiary alicyclic amines) is 1. The highest BCUT2D eigenvalue weighted by Crippen LogP contribution is 2.22. The van der Waals surface area contributed by atoms with E-state index < -0.39 is 0 Å². The first-order valence-electron chi connectivity index (χ1n) is 9.04. The van der Waals surface area contributed by atoms with E-state index in [0.717, 1.165) is 43.1 Å². The number of carbonyl (C=O) groups is 1. The summed E-state index contributed by atoms with van der Waals surface area (Å²) in [6.07, 6.45) is 1.98. The van der Waals surface area contributed by atoms with E-state index in [9.17, 15) is 4.79 Å². The molecule has 0 bridgehead atoms. The number of amides is 1. The Morgan fingerprint density at radius 2 is 1.73 bits per heavy atom. The van der Waals surface area contributed by atoms with Crippen LogP contribution in [0, 0.1) is 5.92 Å². The first-order valence-corrected chi connectivity index (χ1v) is 9.79. The average Bonchev–Trinajstić information content (AvgIpc) is 2.64. The minimum atomic E-state index is -0.0218. The fourth-order valence-electron chi connectivity index (χ4n) is 3.43. The summed E-state index contributed by atoms with van der Waals surface area (Å²) in [5, 5.41) is 4.61. The van der Waals surface area contributed by atoms with Crippen LogP contribution >= 0.6 is 23.2 Å².